The van der Waals surface area contributed by atoms with Crippen LogP contribution in [0.25, 0.3) is 5.65 Å². The van der Waals surface area contributed by atoms with Crippen LogP contribution in [0.3, 0.4) is 0 Å². The van der Waals surface area contributed by atoms with Crippen molar-refractivity contribution in [1.82, 2.24) is 19.5 Å². The Kier molecular flexibility index (Phi) is 3.15. The molecule has 3 rings (SSSR count). The Hall–Kier alpha value is -1.62. The molecule has 1 aliphatic heterocycles. The minimum absolute atomic E-state index is 0.838. The van der Waals surface area contributed by atoms with Crippen molar-refractivity contribution >= 4 is 5.65 Å². The van der Waals surface area contributed by atoms with Crippen LogP contribution in [0.15, 0.2) is 18.3 Å². The van der Waals surface area contributed by atoms with E-state index in [1.54, 1.807) is 7.11 Å². The van der Waals surface area contributed by atoms with Crippen molar-refractivity contribution in [3.8, 4) is 5.75 Å². The van der Waals surface area contributed by atoms with E-state index < -0.39 is 0 Å². The lowest BCUT2D eigenvalue weighted by Crippen LogP contribution is -2.22. The van der Waals surface area contributed by atoms with Gasteiger partial charge in [-0.3, -0.25) is 4.40 Å². The summed E-state index contributed by atoms with van der Waals surface area (Å²) < 4.78 is 7.26. The van der Waals surface area contributed by atoms with Gasteiger partial charge in [-0.05, 0) is 38.1 Å². The highest BCUT2D eigenvalue weighted by atomic mass is 16.5. The summed E-state index contributed by atoms with van der Waals surface area (Å²) in [5, 5.41) is 8.44. The molecule has 0 amide bonds. The van der Waals surface area contributed by atoms with Crippen molar-refractivity contribution in [2.75, 3.05) is 26.7 Å². The molecule has 2 aromatic heterocycles. The number of pyridine rings is 1. The Balaban J connectivity index is 1.78. The maximum Gasteiger partial charge on any atom is 0.161 e. The average molecular weight is 246 g/mol. The molecule has 0 bridgehead atoms. The summed E-state index contributed by atoms with van der Waals surface area (Å²) >= 11 is 0. The fraction of sp³-hybridized carbons (Fsp3) is 0.538. The summed E-state index contributed by atoms with van der Waals surface area (Å²) in [6, 6.07) is 3.85. The van der Waals surface area contributed by atoms with E-state index >= 15 is 0 Å². The molecule has 5 heteroatoms. The highest BCUT2D eigenvalue weighted by molar-refractivity contribution is 5.41. The Labute approximate surface area is 106 Å². The number of fused-ring (bicyclic) bond motifs is 1. The van der Waals surface area contributed by atoms with Gasteiger partial charge < -0.3 is 9.64 Å². The number of rotatable bonds is 4. The molecule has 96 valence electrons. The molecule has 1 saturated heterocycles. The Morgan fingerprint density at radius 3 is 2.83 bits per heavy atom. The van der Waals surface area contributed by atoms with Gasteiger partial charge in [0, 0.05) is 13.0 Å². The first-order chi connectivity index (χ1) is 8.86. The molecule has 2 aromatic rings. The zero-order valence-corrected chi connectivity index (χ0v) is 10.7. The van der Waals surface area contributed by atoms with Crippen molar-refractivity contribution in [3.05, 3.63) is 24.2 Å². The minimum atomic E-state index is 0.838. The number of ether oxygens (including phenoxy) is 1. The molecule has 5 nitrogen and oxygen atoms in total. The second kappa shape index (κ2) is 4.94. The van der Waals surface area contributed by atoms with Gasteiger partial charge >= 0.3 is 0 Å². The lowest BCUT2D eigenvalue weighted by Gasteiger charge is -2.13. The Morgan fingerprint density at radius 2 is 2.06 bits per heavy atom. The largest absolute Gasteiger partial charge is 0.495 e. The van der Waals surface area contributed by atoms with E-state index in [4.69, 9.17) is 4.74 Å². The third-order valence-electron chi connectivity index (χ3n) is 3.53. The smallest absolute Gasteiger partial charge is 0.161 e. The van der Waals surface area contributed by atoms with Crippen LogP contribution in [0, 0.1) is 0 Å². The molecular weight excluding hydrogens is 228 g/mol. The summed E-state index contributed by atoms with van der Waals surface area (Å²) in [7, 11) is 1.68. The molecule has 1 fully saturated rings. The predicted molar refractivity (Wildman–Crippen MR) is 68.9 cm³/mol. The molecule has 0 N–H and O–H groups in total. The molecule has 18 heavy (non-hydrogen) atoms. The molecule has 0 saturated carbocycles. The Morgan fingerprint density at radius 1 is 1.22 bits per heavy atom. The number of nitrogens with zero attached hydrogens (tertiary/aromatic N) is 4. The molecule has 0 unspecified atom stereocenters. The van der Waals surface area contributed by atoms with E-state index in [9.17, 15) is 0 Å². The monoisotopic (exact) mass is 246 g/mol. The van der Waals surface area contributed by atoms with Crippen LogP contribution in [0.5, 0.6) is 5.75 Å². The highest BCUT2D eigenvalue weighted by Crippen LogP contribution is 2.14. The van der Waals surface area contributed by atoms with Gasteiger partial charge in [0.15, 0.2) is 5.65 Å². The maximum atomic E-state index is 5.24. The first-order valence-electron chi connectivity index (χ1n) is 6.47. The SMILES string of the molecule is COc1ccc2nnc(CCN3CCCC3)n2c1. The lowest BCUT2D eigenvalue weighted by molar-refractivity contribution is 0.340. The summed E-state index contributed by atoms with van der Waals surface area (Å²) in [6.07, 6.45) is 5.55. The fourth-order valence-electron chi connectivity index (χ4n) is 2.47. The van der Waals surface area contributed by atoms with Crippen molar-refractivity contribution in [3.63, 3.8) is 0 Å². The first-order valence-corrected chi connectivity index (χ1v) is 6.47. The molecular formula is C13H18N4O. The van der Waals surface area contributed by atoms with Gasteiger partial charge in [0.2, 0.25) is 0 Å². The van der Waals surface area contributed by atoms with Crippen LogP contribution in [0.1, 0.15) is 18.7 Å². The first kappa shape index (κ1) is 11.5. The van der Waals surface area contributed by atoms with Gasteiger partial charge in [0.25, 0.3) is 0 Å². The van der Waals surface area contributed by atoms with Gasteiger partial charge in [-0.1, -0.05) is 0 Å². The third-order valence-corrected chi connectivity index (χ3v) is 3.53. The lowest BCUT2D eigenvalue weighted by atomic mass is 10.3. The van der Waals surface area contributed by atoms with Gasteiger partial charge in [0.05, 0.1) is 13.3 Å². The van der Waals surface area contributed by atoms with Crippen LogP contribution in [-0.4, -0.2) is 46.2 Å². The number of hydrogen-bond donors (Lipinski definition) is 0. The van der Waals surface area contributed by atoms with Gasteiger partial charge in [-0.2, -0.15) is 0 Å². The van der Waals surface area contributed by atoms with Crippen LogP contribution in [0.4, 0.5) is 0 Å². The summed E-state index contributed by atoms with van der Waals surface area (Å²) in [5.74, 6) is 1.85. The zero-order valence-electron chi connectivity index (χ0n) is 10.7. The molecule has 0 atom stereocenters. The number of likely N-dealkylation sites (tertiary alicyclic amines) is 1. The van der Waals surface area contributed by atoms with Crippen LogP contribution < -0.4 is 4.74 Å². The van der Waals surface area contributed by atoms with E-state index in [-0.39, 0.29) is 0 Å². The second-order valence-corrected chi connectivity index (χ2v) is 4.71. The maximum absolute atomic E-state index is 5.24. The van der Waals surface area contributed by atoms with Gasteiger partial charge in [-0.25, -0.2) is 0 Å². The third kappa shape index (κ3) is 2.18. The molecule has 1 aliphatic rings. The van der Waals surface area contributed by atoms with Crippen molar-refractivity contribution in [2.45, 2.75) is 19.3 Å². The van der Waals surface area contributed by atoms with E-state index in [1.165, 1.54) is 25.9 Å². The topological polar surface area (TPSA) is 42.7 Å². The minimum Gasteiger partial charge on any atom is -0.495 e. The number of hydrogen-bond acceptors (Lipinski definition) is 4. The molecule has 0 spiro atoms. The standard InChI is InChI=1S/C13H18N4O/c1-18-11-4-5-12-14-15-13(17(12)10-11)6-9-16-7-2-3-8-16/h4-5,10H,2-3,6-9H2,1H3. The molecule has 0 radical (unpaired) electrons. The summed E-state index contributed by atoms with van der Waals surface area (Å²) in [6.45, 7) is 3.51. The van der Waals surface area contributed by atoms with Gasteiger partial charge in [-0.15, -0.1) is 10.2 Å². The fourth-order valence-corrected chi connectivity index (χ4v) is 2.47. The second-order valence-electron chi connectivity index (χ2n) is 4.71. The number of methoxy groups -OCH3 is 1. The average Bonchev–Trinajstić information content (AvgIpc) is 3.05. The molecule has 0 aliphatic carbocycles. The summed E-state index contributed by atoms with van der Waals surface area (Å²) in [5.41, 5.74) is 0.882. The normalized spacial score (nSPS) is 16.5. The molecule has 3 heterocycles. The highest BCUT2D eigenvalue weighted by Gasteiger charge is 2.13. The summed E-state index contributed by atoms with van der Waals surface area (Å²) in [4.78, 5) is 2.49. The van der Waals surface area contributed by atoms with Crippen molar-refractivity contribution in [2.24, 2.45) is 0 Å². The van der Waals surface area contributed by atoms with E-state index in [1.807, 2.05) is 22.7 Å². The Bertz CT molecular complexity index is 531. The van der Waals surface area contributed by atoms with Crippen molar-refractivity contribution < 1.29 is 4.74 Å². The van der Waals surface area contributed by atoms with Crippen LogP contribution in [0.2, 0.25) is 0 Å². The quantitative estimate of drug-likeness (QED) is 0.817. The number of aromatic nitrogens is 3. The van der Waals surface area contributed by atoms with Crippen molar-refractivity contribution in [1.29, 1.82) is 0 Å². The van der Waals surface area contributed by atoms with Gasteiger partial charge in [0.1, 0.15) is 11.6 Å². The van der Waals surface area contributed by atoms with Crippen LogP contribution in [-0.2, 0) is 6.42 Å². The van der Waals surface area contributed by atoms with E-state index in [0.717, 1.165) is 30.2 Å². The predicted octanol–water partition coefficient (Wildman–Crippen LogP) is 1.38. The zero-order chi connectivity index (χ0) is 12.4. The van der Waals surface area contributed by atoms with E-state index in [2.05, 4.69) is 15.1 Å². The van der Waals surface area contributed by atoms with Crippen LogP contribution >= 0.6 is 0 Å². The van der Waals surface area contributed by atoms with E-state index in [0.29, 0.717) is 0 Å². The molecule has 0 aromatic carbocycles.